The number of hydrogen-bond donors (Lipinski definition) is 4. The molecule has 0 atom stereocenters. The fourth-order valence-corrected chi connectivity index (χ4v) is 6.97. The van der Waals surface area contributed by atoms with E-state index < -0.39 is 0 Å². The van der Waals surface area contributed by atoms with Crippen LogP contribution >= 0.6 is 0 Å². The molecule has 0 fully saturated rings. The number of pyridine rings is 2. The molecule has 4 heterocycles. The molecule has 0 aliphatic heterocycles. The van der Waals surface area contributed by atoms with Crippen LogP contribution in [0.15, 0.2) is 237 Å². The van der Waals surface area contributed by atoms with Gasteiger partial charge in [-0.05, 0) is 40.9 Å². The van der Waals surface area contributed by atoms with Gasteiger partial charge in [0, 0.05) is 103 Å². The molecule has 404 valence electrons. The molecule has 0 saturated heterocycles. The molecule has 12 aromatic rings. The molecule has 2 radical (unpaired) electrons. The van der Waals surface area contributed by atoms with E-state index in [0.717, 1.165) is 60.5 Å². The molecule has 79 heavy (non-hydrogen) atoms. The normalized spacial score (nSPS) is 9.37. The van der Waals surface area contributed by atoms with Crippen molar-refractivity contribution in [3.05, 3.63) is 255 Å². The van der Waals surface area contributed by atoms with Crippen molar-refractivity contribution in [1.29, 1.82) is 0 Å². The maximum Gasteiger partial charge on any atom is 0.201 e. The van der Waals surface area contributed by atoms with E-state index in [0.29, 0.717) is 23.3 Å². The molecule has 0 saturated carbocycles. The van der Waals surface area contributed by atoms with Crippen LogP contribution in [0.5, 0.6) is 0 Å². The minimum Gasteiger partial charge on any atom is -0.400 e. The van der Waals surface area contributed by atoms with Gasteiger partial charge < -0.3 is 25.4 Å². The van der Waals surface area contributed by atoms with E-state index in [1.807, 2.05) is 188 Å². The van der Waals surface area contributed by atoms with E-state index in [9.17, 15) is 0 Å². The third-order valence-corrected chi connectivity index (χ3v) is 10.3. The second kappa shape index (κ2) is 38.2. The summed E-state index contributed by atoms with van der Waals surface area (Å²) >= 11 is 0. The zero-order valence-electron chi connectivity index (χ0n) is 43.7. The fraction of sp³-hybridized carbons (Fsp3) is 0.0794. The molecule has 12 rings (SSSR count). The van der Waals surface area contributed by atoms with Crippen LogP contribution in [0.4, 0.5) is 0 Å². The Morgan fingerprint density at radius 2 is 0.608 bits per heavy atom. The molecular weight excluding hydrogens is 1350 g/mol. The third kappa shape index (κ3) is 20.2. The Labute approximate surface area is 487 Å². The van der Waals surface area contributed by atoms with Gasteiger partial charge in [0.05, 0.1) is 5.69 Å². The molecule has 16 heteroatoms. The van der Waals surface area contributed by atoms with Gasteiger partial charge in [0.15, 0.2) is 0 Å². The van der Waals surface area contributed by atoms with Crippen LogP contribution < -0.4 is 0 Å². The Balaban J connectivity index is 0.000000262. The molecule has 0 unspecified atom stereocenters. The number of aliphatic hydroxyl groups excluding tert-OH is 4. The first-order chi connectivity index (χ1) is 38.2. The second-order valence-electron chi connectivity index (χ2n) is 15.1. The predicted octanol–water partition coefficient (Wildman–Crippen LogP) is 11.2. The quantitative estimate of drug-likeness (QED) is 0.114. The number of rotatable bonds is 6. The van der Waals surface area contributed by atoms with E-state index in [4.69, 9.17) is 20.4 Å². The van der Waals surface area contributed by atoms with E-state index in [1.165, 1.54) is 27.1 Å². The molecular formula is C63H57Ir2N10O4-3. The number of nitrogens with zero attached hydrogens (tertiary/aromatic N) is 10. The van der Waals surface area contributed by atoms with Crippen LogP contribution in [-0.4, -0.2) is 99.1 Å². The van der Waals surface area contributed by atoms with Crippen molar-refractivity contribution in [1.82, 2.24) is 50.8 Å². The van der Waals surface area contributed by atoms with Crippen LogP contribution in [-0.2, 0) is 40.2 Å². The Bertz CT molecular complexity index is 3100. The van der Waals surface area contributed by atoms with Gasteiger partial charge in [0.1, 0.15) is 11.6 Å². The molecule has 0 aliphatic rings. The van der Waals surface area contributed by atoms with Crippen LogP contribution in [0.25, 0.3) is 89.6 Å². The van der Waals surface area contributed by atoms with Crippen molar-refractivity contribution in [2.24, 2.45) is 0 Å². The minimum absolute atomic E-state index is 0. The Kier molecular flexibility index (Phi) is 31.4. The van der Waals surface area contributed by atoms with Gasteiger partial charge in [0.25, 0.3) is 0 Å². The zero-order chi connectivity index (χ0) is 54.7. The summed E-state index contributed by atoms with van der Waals surface area (Å²) in [6, 6.07) is 82.4. The van der Waals surface area contributed by atoms with Crippen molar-refractivity contribution in [3.63, 3.8) is 0 Å². The smallest absolute Gasteiger partial charge is 0.201 e. The largest absolute Gasteiger partial charge is 0.400 e. The molecule has 0 aliphatic carbocycles. The van der Waals surface area contributed by atoms with Gasteiger partial charge >= 0.3 is 0 Å². The Morgan fingerprint density at radius 1 is 0.316 bits per heavy atom. The maximum atomic E-state index is 7.57. The second-order valence-corrected chi connectivity index (χ2v) is 15.1. The first kappa shape index (κ1) is 64.9. The van der Waals surface area contributed by atoms with Gasteiger partial charge in [-0.2, -0.15) is 20.4 Å². The third-order valence-electron chi connectivity index (χ3n) is 10.3. The zero-order valence-corrected chi connectivity index (χ0v) is 48.4. The van der Waals surface area contributed by atoms with E-state index in [2.05, 4.69) is 117 Å². The van der Waals surface area contributed by atoms with Crippen molar-refractivity contribution >= 4 is 21.5 Å². The Hall–Kier alpha value is -8.40. The van der Waals surface area contributed by atoms with Gasteiger partial charge in [0.2, 0.25) is 11.6 Å². The fourth-order valence-electron chi connectivity index (χ4n) is 6.97. The van der Waals surface area contributed by atoms with E-state index in [-0.39, 0.29) is 46.8 Å². The molecule has 0 amide bonds. The van der Waals surface area contributed by atoms with Crippen molar-refractivity contribution in [3.8, 4) is 68.1 Å². The molecule has 4 aromatic heterocycles. The molecule has 4 N–H and O–H groups in total. The van der Waals surface area contributed by atoms with Crippen LogP contribution in [0.2, 0.25) is 0 Å². The van der Waals surface area contributed by atoms with Gasteiger partial charge in [-0.1, -0.05) is 140 Å². The van der Waals surface area contributed by atoms with E-state index in [1.54, 1.807) is 6.92 Å². The van der Waals surface area contributed by atoms with E-state index >= 15 is 0 Å². The summed E-state index contributed by atoms with van der Waals surface area (Å²) in [4.78, 5) is 8.92. The topological polar surface area (TPSA) is 210 Å². The van der Waals surface area contributed by atoms with Gasteiger partial charge in [-0.25, -0.2) is 0 Å². The first-order valence-electron chi connectivity index (χ1n) is 24.0. The summed E-state index contributed by atoms with van der Waals surface area (Å²) in [5.41, 5.74) is 7.65. The summed E-state index contributed by atoms with van der Waals surface area (Å²) in [6.45, 7) is 1.93. The molecule has 14 nitrogen and oxygen atoms in total. The summed E-state index contributed by atoms with van der Waals surface area (Å²) in [7, 11) is 3.00. The van der Waals surface area contributed by atoms with Crippen LogP contribution in [0, 0.1) is 18.2 Å². The van der Waals surface area contributed by atoms with Crippen LogP contribution in [0.3, 0.4) is 0 Å². The van der Waals surface area contributed by atoms with Crippen molar-refractivity contribution in [2.75, 3.05) is 27.9 Å². The van der Waals surface area contributed by atoms with Crippen molar-refractivity contribution < 1.29 is 60.6 Å². The Morgan fingerprint density at radius 3 is 0.975 bits per heavy atom. The molecule has 8 aromatic carbocycles. The summed E-state index contributed by atoms with van der Waals surface area (Å²) in [5, 5.41) is 66.0. The standard InChI is InChI=1S/C15H11N.C15H10N.2C14H9N4.C2H6O.3CH4O.2Ir/c2*1-2-7-13(8-3-1)15-14-9-5-4-6-12(14)10-11-16-15;2*1-3-7-11(8-4-1)13-15-17-14(18-16-13)12-9-5-2-6-10-12;1-2-3;3*1-2;;/h1-11H;1-7,9-11H;2*1-9H;3H,2H2,1H3;3*2H,1H3;;/q;3*-1;;;;;;. The number of aliphatic hydroxyl groups is 4. The molecule has 0 bridgehead atoms. The average molecular weight is 1400 g/mol. The average Bonchev–Trinajstić information content (AvgIpc) is 3.54. The summed E-state index contributed by atoms with van der Waals surface area (Å²) in [6.07, 6.45) is 3.71. The number of fused-ring (bicyclic) bond motifs is 2. The SMILES string of the molecule is CCO.CO.CO.CO.[Ir].[Ir].[c-]1ccccc1-c1nccc2ccccc12.[c-]1ccccc1-c1nnc(-c2ccccc2)nn1.[c-]1ccccc1-c1nnc(-c2ccccc2)nn1.c1ccc(-c2nccc3ccccc23)cc1. The predicted molar refractivity (Wildman–Crippen MR) is 305 cm³/mol. The first-order valence-corrected chi connectivity index (χ1v) is 24.0. The summed E-state index contributed by atoms with van der Waals surface area (Å²) in [5.74, 6) is 2.01. The maximum absolute atomic E-state index is 7.57. The summed E-state index contributed by atoms with van der Waals surface area (Å²) < 4.78 is 0. The number of aromatic nitrogens is 10. The van der Waals surface area contributed by atoms with Gasteiger partial charge in [-0.3, -0.25) is 4.98 Å². The minimum atomic E-state index is 0. The van der Waals surface area contributed by atoms with Gasteiger partial charge in [-0.15, -0.1) is 128 Å². The monoisotopic (exact) mass is 1400 g/mol. The van der Waals surface area contributed by atoms with Crippen LogP contribution in [0.1, 0.15) is 6.92 Å². The van der Waals surface area contributed by atoms with Crippen molar-refractivity contribution in [2.45, 2.75) is 6.92 Å². The number of hydrogen-bond acceptors (Lipinski definition) is 14. The molecule has 0 spiro atoms. The number of benzene rings is 8.